The Labute approximate surface area is 131 Å². The van der Waals surface area contributed by atoms with Gasteiger partial charge in [-0.2, -0.15) is 0 Å². The van der Waals surface area contributed by atoms with Crippen LogP contribution in [0, 0.1) is 6.92 Å². The summed E-state index contributed by atoms with van der Waals surface area (Å²) in [5, 5.41) is 12.5. The van der Waals surface area contributed by atoms with Gasteiger partial charge in [0.05, 0.1) is 0 Å². The maximum Gasteiger partial charge on any atom is 0.116 e. The van der Waals surface area contributed by atoms with Crippen LogP contribution in [0.5, 0.6) is 5.75 Å². The topological polar surface area (TPSA) is 20.2 Å². The fraction of sp³-hybridized carbons (Fsp3) is 0.0588. The van der Waals surface area contributed by atoms with Gasteiger partial charge < -0.3 is 5.11 Å². The summed E-state index contributed by atoms with van der Waals surface area (Å²) in [4.78, 5) is 0. The molecule has 1 N–H and O–H groups in total. The van der Waals surface area contributed by atoms with E-state index in [1.54, 1.807) is 12.1 Å². The van der Waals surface area contributed by atoms with Crippen molar-refractivity contribution in [3.05, 3.63) is 63.6 Å². The minimum Gasteiger partial charge on any atom is -0.508 e. The Morgan fingerprint density at radius 3 is 2.40 bits per heavy atom. The molecule has 0 spiro atoms. The summed E-state index contributed by atoms with van der Waals surface area (Å²) in [6.07, 6.45) is 0. The number of aromatic hydroxyl groups is 1. The second kappa shape index (κ2) is 5.12. The van der Waals surface area contributed by atoms with Gasteiger partial charge in [-0.25, -0.2) is 0 Å². The van der Waals surface area contributed by atoms with E-state index in [-0.39, 0.29) is 5.75 Å². The summed E-state index contributed by atoms with van der Waals surface area (Å²) in [7, 11) is 0. The quantitative estimate of drug-likeness (QED) is 0.578. The van der Waals surface area contributed by atoms with E-state index in [0.29, 0.717) is 0 Å². The van der Waals surface area contributed by atoms with Gasteiger partial charge in [-0.1, -0.05) is 35.9 Å². The summed E-state index contributed by atoms with van der Waals surface area (Å²) < 4.78 is 1.07. The highest BCUT2D eigenvalue weighted by Crippen LogP contribution is 2.39. The van der Waals surface area contributed by atoms with Gasteiger partial charge in [0, 0.05) is 15.1 Å². The molecular weight excluding hydrogens is 336 g/mol. The number of fused-ring (bicyclic) bond motifs is 1. The van der Waals surface area contributed by atoms with E-state index in [9.17, 15) is 5.11 Å². The third kappa shape index (κ3) is 2.30. The molecule has 3 heteroatoms. The average Bonchev–Trinajstić information content (AvgIpc) is 2.42. The standard InChI is InChI=1S/C17H12BrClO/c1-10-8-12-9-14(20)6-7-15(12)16(17(10)18)11-2-4-13(19)5-3-11/h2-9,20H,1H3. The molecular formula is C17H12BrClO. The molecule has 0 unspecified atom stereocenters. The minimum absolute atomic E-state index is 0.279. The van der Waals surface area contributed by atoms with Crippen molar-refractivity contribution in [2.75, 3.05) is 0 Å². The molecule has 3 aromatic rings. The van der Waals surface area contributed by atoms with Crippen molar-refractivity contribution in [2.45, 2.75) is 6.92 Å². The molecule has 0 amide bonds. The minimum atomic E-state index is 0.279. The Bertz CT molecular complexity index is 794. The van der Waals surface area contributed by atoms with Crippen LogP contribution in [-0.2, 0) is 0 Å². The maximum atomic E-state index is 9.66. The first-order valence-electron chi connectivity index (χ1n) is 6.24. The maximum absolute atomic E-state index is 9.66. The van der Waals surface area contributed by atoms with Gasteiger partial charge in [-0.15, -0.1) is 0 Å². The average molecular weight is 348 g/mol. The molecule has 1 nitrogen and oxygen atoms in total. The van der Waals surface area contributed by atoms with Crippen LogP contribution in [0.2, 0.25) is 5.02 Å². The molecule has 0 atom stereocenters. The normalized spacial score (nSPS) is 10.9. The van der Waals surface area contributed by atoms with Crippen LogP contribution in [0.3, 0.4) is 0 Å². The Hall–Kier alpha value is -1.51. The Morgan fingerprint density at radius 2 is 1.70 bits per heavy atom. The van der Waals surface area contributed by atoms with Crippen LogP contribution in [0.1, 0.15) is 5.56 Å². The molecule has 20 heavy (non-hydrogen) atoms. The van der Waals surface area contributed by atoms with E-state index < -0.39 is 0 Å². The van der Waals surface area contributed by atoms with E-state index in [4.69, 9.17) is 11.6 Å². The lowest BCUT2D eigenvalue weighted by Gasteiger charge is -2.13. The van der Waals surface area contributed by atoms with Gasteiger partial charge in [0.15, 0.2) is 0 Å². The largest absolute Gasteiger partial charge is 0.508 e. The molecule has 0 bridgehead atoms. The molecule has 3 rings (SSSR count). The monoisotopic (exact) mass is 346 g/mol. The van der Waals surface area contributed by atoms with Crippen LogP contribution < -0.4 is 0 Å². The lowest BCUT2D eigenvalue weighted by Crippen LogP contribution is -1.87. The zero-order chi connectivity index (χ0) is 14.3. The van der Waals surface area contributed by atoms with Gasteiger partial charge >= 0.3 is 0 Å². The molecule has 0 saturated carbocycles. The highest BCUT2D eigenvalue weighted by molar-refractivity contribution is 9.10. The first-order valence-corrected chi connectivity index (χ1v) is 7.41. The van der Waals surface area contributed by atoms with Crippen LogP contribution in [-0.4, -0.2) is 5.11 Å². The molecule has 0 aliphatic heterocycles. The summed E-state index contributed by atoms with van der Waals surface area (Å²) in [6.45, 7) is 2.05. The predicted molar refractivity (Wildman–Crippen MR) is 88.5 cm³/mol. The molecule has 0 aromatic heterocycles. The fourth-order valence-corrected chi connectivity index (χ4v) is 3.09. The number of benzene rings is 3. The van der Waals surface area contributed by atoms with Gasteiger partial charge in [0.25, 0.3) is 0 Å². The van der Waals surface area contributed by atoms with E-state index in [2.05, 4.69) is 22.0 Å². The molecule has 0 saturated heterocycles. The third-order valence-corrected chi connectivity index (χ3v) is 4.65. The van der Waals surface area contributed by atoms with Crippen LogP contribution in [0.4, 0.5) is 0 Å². The summed E-state index contributed by atoms with van der Waals surface area (Å²) >= 11 is 9.64. The second-order valence-corrected chi connectivity index (χ2v) is 6.02. The van der Waals surface area contributed by atoms with E-state index in [0.717, 1.165) is 37.0 Å². The molecule has 100 valence electrons. The van der Waals surface area contributed by atoms with E-state index in [1.807, 2.05) is 37.3 Å². The van der Waals surface area contributed by atoms with Gasteiger partial charge in [-0.05, 0) is 69.0 Å². The fourth-order valence-electron chi connectivity index (χ4n) is 2.41. The number of aryl methyl sites for hydroxylation is 1. The third-order valence-electron chi connectivity index (χ3n) is 3.38. The number of phenolic OH excluding ortho intramolecular Hbond substituents is 1. The van der Waals surface area contributed by atoms with Gasteiger partial charge in [0.2, 0.25) is 0 Å². The number of halogens is 2. The Balaban J connectivity index is 2.38. The summed E-state index contributed by atoms with van der Waals surface area (Å²) in [6, 6.07) is 15.3. The van der Waals surface area contributed by atoms with Crippen LogP contribution >= 0.6 is 27.5 Å². The Kier molecular flexibility index (Phi) is 3.45. The Morgan fingerprint density at radius 1 is 1.00 bits per heavy atom. The smallest absolute Gasteiger partial charge is 0.116 e. The van der Waals surface area contributed by atoms with E-state index in [1.165, 1.54) is 0 Å². The highest BCUT2D eigenvalue weighted by atomic mass is 79.9. The lowest BCUT2D eigenvalue weighted by atomic mass is 9.96. The molecule has 0 radical (unpaired) electrons. The molecule has 0 heterocycles. The number of phenols is 1. The van der Waals surface area contributed by atoms with Crippen LogP contribution in [0.25, 0.3) is 21.9 Å². The first kappa shape index (κ1) is 13.5. The van der Waals surface area contributed by atoms with Gasteiger partial charge in [0.1, 0.15) is 5.75 Å². The van der Waals surface area contributed by atoms with Crippen LogP contribution in [0.15, 0.2) is 53.0 Å². The van der Waals surface area contributed by atoms with Crippen molar-refractivity contribution in [1.29, 1.82) is 0 Å². The zero-order valence-corrected chi connectivity index (χ0v) is 13.2. The van der Waals surface area contributed by atoms with Crippen molar-refractivity contribution < 1.29 is 5.11 Å². The summed E-state index contributed by atoms with van der Waals surface area (Å²) in [5.74, 6) is 0.279. The molecule has 0 aliphatic rings. The molecule has 0 fully saturated rings. The van der Waals surface area contributed by atoms with Crippen molar-refractivity contribution >= 4 is 38.3 Å². The zero-order valence-electron chi connectivity index (χ0n) is 10.8. The van der Waals surface area contributed by atoms with Gasteiger partial charge in [-0.3, -0.25) is 0 Å². The van der Waals surface area contributed by atoms with Crippen molar-refractivity contribution in [3.8, 4) is 16.9 Å². The SMILES string of the molecule is Cc1cc2cc(O)ccc2c(-c2ccc(Cl)cc2)c1Br. The highest BCUT2D eigenvalue weighted by Gasteiger charge is 2.11. The number of hydrogen-bond acceptors (Lipinski definition) is 1. The number of rotatable bonds is 1. The molecule has 3 aromatic carbocycles. The lowest BCUT2D eigenvalue weighted by molar-refractivity contribution is 0.476. The van der Waals surface area contributed by atoms with E-state index >= 15 is 0 Å². The van der Waals surface area contributed by atoms with Crippen molar-refractivity contribution in [1.82, 2.24) is 0 Å². The van der Waals surface area contributed by atoms with Crippen molar-refractivity contribution in [3.63, 3.8) is 0 Å². The van der Waals surface area contributed by atoms with Crippen molar-refractivity contribution in [2.24, 2.45) is 0 Å². The second-order valence-electron chi connectivity index (χ2n) is 4.79. The predicted octanol–water partition coefficient (Wildman–Crippen LogP) is 5.94. The molecule has 0 aliphatic carbocycles. The number of hydrogen-bond donors (Lipinski definition) is 1. The summed E-state index contributed by atoms with van der Waals surface area (Å²) in [5.41, 5.74) is 3.35. The first-order chi connectivity index (χ1) is 9.56.